The van der Waals surface area contributed by atoms with E-state index in [9.17, 15) is 22.0 Å². The molecule has 2 aliphatic heterocycles. The number of alkyl halides is 3. The van der Waals surface area contributed by atoms with Crippen LogP contribution in [0.4, 0.5) is 33.3 Å². The third kappa shape index (κ3) is 8.15. The summed E-state index contributed by atoms with van der Waals surface area (Å²) in [5.74, 6) is -0.131. The first-order valence-corrected chi connectivity index (χ1v) is 15.3. The van der Waals surface area contributed by atoms with E-state index < -0.39 is 23.4 Å². The van der Waals surface area contributed by atoms with Gasteiger partial charge in [-0.2, -0.15) is 26.5 Å². The van der Waals surface area contributed by atoms with Crippen molar-refractivity contribution in [3.63, 3.8) is 0 Å². The number of halogens is 5. The Balaban J connectivity index is 0.000000199. The molecule has 9 nitrogen and oxygen atoms in total. The Hall–Kier alpha value is -5.01. The summed E-state index contributed by atoms with van der Waals surface area (Å²) in [5, 5.41) is 8.04. The van der Waals surface area contributed by atoms with Crippen LogP contribution >= 0.6 is 0 Å². The summed E-state index contributed by atoms with van der Waals surface area (Å²) in [5.41, 5.74) is 4.47. The van der Waals surface area contributed by atoms with Gasteiger partial charge in [-0.3, -0.25) is 18.9 Å². The zero-order chi connectivity index (χ0) is 35.9. The van der Waals surface area contributed by atoms with Gasteiger partial charge in [0.15, 0.2) is 0 Å². The number of anilines is 2. The van der Waals surface area contributed by atoms with Gasteiger partial charge in [0.2, 0.25) is 0 Å². The van der Waals surface area contributed by atoms with Gasteiger partial charge >= 0.3 is 6.18 Å². The molecule has 0 atom stereocenters. The first-order chi connectivity index (χ1) is 23.7. The Morgan fingerprint density at radius 3 is 1.86 bits per heavy atom. The maximum Gasteiger partial charge on any atom is 0.394 e. The van der Waals surface area contributed by atoms with Gasteiger partial charge in [0.05, 0.1) is 5.69 Å². The van der Waals surface area contributed by atoms with Gasteiger partial charge in [0.1, 0.15) is 5.82 Å². The van der Waals surface area contributed by atoms with Gasteiger partial charge in [-0.15, -0.1) is 41.7 Å². The number of hydrogen-bond acceptors (Lipinski definition) is 7. The van der Waals surface area contributed by atoms with Crippen LogP contribution in [0.1, 0.15) is 28.1 Å². The molecule has 0 spiro atoms. The molecule has 0 N–H and O–H groups in total. The average Bonchev–Trinajstić information content (AvgIpc) is 3.85. The van der Waals surface area contributed by atoms with Crippen LogP contribution in [0, 0.1) is 64.8 Å². The predicted octanol–water partition coefficient (Wildman–Crippen LogP) is 7.45. The molecule has 7 rings (SSSR count). The first-order valence-electron chi connectivity index (χ1n) is 15.3. The molecule has 0 unspecified atom stereocenters. The second-order valence-electron chi connectivity index (χ2n) is 11.9. The molecule has 3 aromatic carbocycles. The summed E-state index contributed by atoms with van der Waals surface area (Å²) in [7, 11) is 3.61. The van der Waals surface area contributed by atoms with Crippen molar-refractivity contribution in [2.45, 2.75) is 33.9 Å². The molecule has 51 heavy (non-hydrogen) atoms. The summed E-state index contributed by atoms with van der Waals surface area (Å²) in [6.45, 7) is 11.1. The molecular weight excluding hydrogens is 846 g/mol. The zero-order valence-corrected chi connectivity index (χ0v) is 30.6. The van der Waals surface area contributed by atoms with Gasteiger partial charge in [0, 0.05) is 49.1 Å². The molecule has 0 amide bonds. The van der Waals surface area contributed by atoms with E-state index >= 15 is 0 Å². The van der Waals surface area contributed by atoms with E-state index in [0.717, 1.165) is 46.6 Å². The quantitative estimate of drug-likeness (QED) is 0.133. The number of benzene rings is 3. The Morgan fingerprint density at radius 2 is 1.39 bits per heavy atom. The standard InChI is InChI=1S/C21H17F2N5.C15H14F3N4.Ir/c1-11-7-12(2)19(13(3)8-11)28-10-18(16-6-5-15(22)9-17(16)23)25-21(28)20-24-14(4)26-27-20;1-19-3-5-21(10-19)13-7-12(15(16,17)18)8-14(9-13)22-6-4-20(2)11-22;/h5,7-10H,1-4H3;3-8,10-11H,1-2H3;/q-2;-3;. The van der Waals surface area contributed by atoms with Crippen molar-refractivity contribution in [3.05, 3.63) is 133 Å². The van der Waals surface area contributed by atoms with Crippen molar-refractivity contribution in [1.82, 2.24) is 34.5 Å². The van der Waals surface area contributed by atoms with E-state index in [1.165, 1.54) is 0 Å². The monoisotopic (exact) mass is 877 g/mol. The van der Waals surface area contributed by atoms with Crippen molar-refractivity contribution in [3.8, 4) is 28.6 Å². The molecule has 0 aliphatic carbocycles. The van der Waals surface area contributed by atoms with Crippen LogP contribution < -0.4 is 14.9 Å². The average molecular weight is 877 g/mol. The first kappa shape index (κ1) is 37.2. The van der Waals surface area contributed by atoms with Crippen LogP contribution in [0.15, 0.2) is 67.4 Å². The van der Waals surface area contributed by atoms with E-state index in [1.807, 2.05) is 25.3 Å². The number of aryl methyl sites for hydroxylation is 4. The second-order valence-corrected chi connectivity index (χ2v) is 11.9. The SMILES string of the molecule is CN1C=CN(c2[c-]c(N3C=CN(C)[CH-]3)cc(C(F)(F)F)c2)[CH-]1.Cc1cc(C)c(-n2cc(-c3[c-]cc(F)cc3F)nc2-c2nc(C)n[n-]2)c(C)c1.[Ir]. The molecule has 15 heteroatoms. The zero-order valence-electron chi connectivity index (χ0n) is 28.3. The third-order valence-corrected chi connectivity index (χ3v) is 7.72. The van der Waals surface area contributed by atoms with Crippen LogP contribution in [0.3, 0.4) is 0 Å². The number of nitrogens with zero attached hydrogens (tertiary/aromatic N) is 9. The van der Waals surface area contributed by atoms with Crippen molar-refractivity contribution < 1.29 is 42.1 Å². The molecule has 5 aromatic rings. The largest absolute Gasteiger partial charge is 0.510 e. The second kappa shape index (κ2) is 14.7. The number of imidazole rings is 1. The molecule has 1 radical (unpaired) electrons. The maximum absolute atomic E-state index is 14.3. The Bertz CT molecular complexity index is 2040. The molecule has 4 heterocycles. The van der Waals surface area contributed by atoms with Crippen LogP contribution in [0.2, 0.25) is 0 Å². The summed E-state index contributed by atoms with van der Waals surface area (Å²) >= 11 is 0. The fraction of sp³-hybridized carbons (Fsp3) is 0.194. The minimum atomic E-state index is -4.41. The van der Waals surface area contributed by atoms with Crippen molar-refractivity contribution in [2.24, 2.45) is 0 Å². The summed E-state index contributed by atoms with van der Waals surface area (Å²) in [6.07, 6.45) is 4.16. The summed E-state index contributed by atoms with van der Waals surface area (Å²) in [6, 6.07) is 13.8. The fourth-order valence-corrected chi connectivity index (χ4v) is 5.60. The molecule has 0 bridgehead atoms. The number of rotatable bonds is 5. The van der Waals surface area contributed by atoms with Gasteiger partial charge in [0.25, 0.3) is 0 Å². The van der Waals surface area contributed by atoms with Crippen molar-refractivity contribution >= 4 is 11.4 Å². The molecule has 2 aromatic heterocycles. The molecule has 2 aliphatic rings. The smallest absolute Gasteiger partial charge is 0.394 e. The van der Waals surface area contributed by atoms with Crippen LogP contribution in [0.5, 0.6) is 0 Å². The van der Waals surface area contributed by atoms with Crippen molar-refractivity contribution in [1.29, 1.82) is 0 Å². The van der Waals surface area contributed by atoms with Crippen LogP contribution in [-0.4, -0.2) is 43.5 Å². The Morgan fingerprint density at radius 1 is 0.804 bits per heavy atom. The van der Waals surface area contributed by atoms with Crippen LogP contribution in [0.25, 0.3) is 28.6 Å². The number of hydrogen-bond donors (Lipinski definition) is 0. The van der Waals surface area contributed by atoms with E-state index in [1.54, 1.807) is 85.0 Å². The molecule has 0 fully saturated rings. The third-order valence-electron chi connectivity index (χ3n) is 7.72. The molecule has 0 saturated carbocycles. The Kier molecular flexibility index (Phi) is 10.7. The Labute approximate surface area is 306 Å². The molecular formula is C36H31F5IrN9-5. The summed E-state index contributed by atoms with van der Waals surface area (Å²) < 4.78 is 68.9. The topological polar surface area (TPSA) is 70.7 Å². The van der Waals surface area contributed by atoms with Gasteiger partial charge in [-0.25, -0.2) is 0 Å². The van der Waals surface area contributed by atoms with Gasteiger partial charge < -0.3 is 34.2 Å². The van der Waals surface area contributed by atoms with E-state index in [2.05, 4.69) is 44.4 Å². The van der Waals surface area contributed by atoms with E-state index in [0.29, 0.717) is 34.5 Å². The number of aromatic nitrogens is 5. The van der Waals surface area contributed by atoms with E-state index in [4.69, 9.17) is 0 Å². The van der Waals surface area contributed by atoms with Crippen molar-refractivity contribution in [2.75, 3.05) is 23.9 Å². The predicted molar refractivity (Wildman–Crippen MR) is 179 cm³/mol. The molecule has 0 saturated heterocycles. The summed E-state index contributed by atoms with van der Waals surface area (Å²) in [4.78, 5) is 15.6. The van der Waals surface area contributed by atoms with E-state index in [-0.39, 0.29) is 25.7 Å². The van der Waals surface area contributed by atoms with Gasteiger partial charge in [-0.05, 0) is 83.9 Å². The van der Waals surface area contributed by atoms with Crippen LogP contribution in [-0.2, 0) is 26.3 Å². The normalized spacial score (nSPS) is 13.9. The molecule has 269 valence electrons. The fourth-order valence-electron chi connectivity index (χ4n) is 5.60. The minimum absolute atomic E-state index is 0. The maximum atomic E-state index is 14.3. The van der Waals surface area contributed by atoms with Gasteiger partial charge in [-0.1, -0.05) is 34.9 Å². The minimum Gasteiger partial charge on any atom is -0.510 e.